The predicted molar refractivity (Wildman–Crippen MR) is 124 cm³/mol. The maximum absolute atomic E-state index is 13.3. The molecule has 0 N–H and O–H groups in total. The SMILES string of the molecule is CS(=O)(=O)Cn1nc(-c2coc3ccccc23)c2cnc(C(=O)N3CC4CCC(C4)C3)cc21. The Kier molecular flexibility index (Phi) is 4.58. The van der Waals surface area contributed by atoms with Crippen molar-refractivity contribution in [2.75, 3.05) is 19.3 Å². The van der Waals surface area contributed by atoms with Gasteiger partial charge in [0, 0.05) is 41.9 Å². The number of para-hydroxylation sites is 1. The van der Waals surface area contributed by atoms with Gasteiger partial charge >= 0.3 is 0 Å². The van der Waals surface area contributed by atoms with Gasteiger partial charge in [0.25, 0.3) is 5.91 Å². The molecule has 0 spiro atoms. The van der Waals surface area contributed by atoms with Crippen molar-refractivity contribution >= 4 is 37.6 Å². The lowest BCUT2D eigenvalue weighted by Crippen LogP contribution is -2.41. The fourth-order valence-corrected chi connectivity index (χ4v) is 6.04. The maximum atomic E-state index is 13.3. The first kappa shape index (κ1) is 20.4. The summed E-state index contributed by atoms with van der Waals surface area (Å²) in [5, 5.41) is 6.19. The van der Waals surface area contributed by atoms with Crippen LogP contribution in [0.3, 0.4) is 0 Å². The second kappa shape index (κ2) is 7.41. The summed E-state index contributed by atoms with van der Waals surface area (Å²) < 4.78 is 31.4. The molecule has 1 aliphatic carbocycles. The van der Waals surface area contributed by atoms with Gasteiger partial charge in [-0.25, -0.2) is 13.1 Å². The number of benzene rings is 1. The van der Waals surface area contributed by atoms with E-state index in [1.165, 1.54) is 30.2 Å². The van der Waals surface area contributed by atoms with Gasteiger partial charge < -0.3 is 9.32 Å². The average Bonchev–Trinajstić information content (AvgIpc) is 3.47. The second-order valence-corrected chi connectivity index (χ2v) is 11.5. The highest BCUT2D eigenvalue weighted by Gasteiger charge is 2.35. The smallest absolute Gasteiger partial charge is 0.272 e. The lowest BCUT2D eigenvalue weighted by atomic mass is 9.98. The average molecular weight is 465 g/mol. The number of aromatic nitrogens is 3. The molecule has 1 saturated heterocycles. The topological polar surface area (TPSA) is 98.3 Å². The van der Waals surface area contributed by atoms with Gasteiger partial charge in [-0.2, -0.15) is 5.10 Å². The summed E-state index contributed by atoms with van der Waals surface area (Å²) >= 11 is 0. The molecule has 9 heteroatoms. The molecule has 170 valence electrons. The number of likely N-dealkylation sites (tertiary alicyclic amines) is 1. The van der Waals surface area contributed by atoms with E-state index in [0.29, 0.717) is 34.1 Å². The largest absolute Gasteiger partial charge is 0.464 e. The van der Waals surface area contributed by atoms with Crippen LogP contribution in [0.4, 0.5) is 0 Å². The monoisotopic (exact) mass is 464 g/mol. The molecule has 2 atom stereocenters. The van der Waals surface area contributed by atoms with Crippen LogP contribution < -0.4 is 0 Å². The van der Waals surface area contributed by atoms with Crippen LogP contribution in [-0.2, 0) is 15.7 Å². The number of nitrogens with zero attached hydrogens (tertiary/aromatic N) is 4. The van der Waals surface area contributed by atoms with E-state index >= 15 is 0 Å². The van der Waals surface area contributed by atoms with Crippen molar-refractivity contribution in [3.05, 3.63) is 48.5 Å². The Hall–Kier alpha value is -3.20. The summed E-state index contributed by atoms with van der Waals surface area (Å²) in [5.74, 6) is 0.766. The first-order chi connectivity index (χ1) is 15.9. The number of rotatable bonds is 4. The van der Waals surface area contributed by atoms with Crippen molar-refractivity contribution in [2.24, 2.45) is 11.8 Å². The molecule has 6 rings (SSSR count). The molecule has 33 heavy (non-hydrogen) atoms. The normalized spacial score (nSPS) is 20.7. The standard InChI is InChI=1S/C24H24N4O4S/c1-33(30,31)14-28-21-9-20(24(29)27-11-15-6-7-16(8-15)12-27)25-10-18(21)23(26-28)19-13-32-22-5-3-2-4-17(19)22/h2-5,9-10,13,15-16H,6-8,11-12,14H2,1H3. The van der Waals surface area contributed by atoms with Crippen molar-refractivity contribution in [3.8, 4) is 11.3 Å². The maximum Gasteiger partial charge on any atom is 0.272 e. The molecule has 2 unspecified atom stereocenters. The van der Waals surface area contributed by atoms with Gasteiger partial charge in [0.05, 0.1) is 5.52 Å². The molecule has 4 heterocycles. The van der Waals surface area contributed by atoms with Gasteiger partial charge in [-0.3, -0.25) is 9.78 Å². The van der Waals surface area contributed by atoms with E-state index in [9.17, 15) is 13.2 Å². The van der Waals surface area contributed by atoms with Crippen LogP contribution in [0.2, 0.25) is 0 Å². The van der Waals surface area contributed by atoms with Gasteiger partial charge in [0.2, 0.25) is 0 Å². The van der Waals surface area contributed by atoms with Crippen LogP contribution in [0, 0.1) is 11.8 Å². The Bertz CT molecular complexity index is 1490. The zero-order chi connectivity index (χ0) is 22.7. The van der Waals surface area contributed by atoms with Crippen LogP contribution >= 0.6 is 0 Å². The number of fused-ring (bicyclic) bond motifs is 4. The van der Waals surface area contributed by atoms with Gasteiger partial charge in [-0.15, -0.1) is 0 Å². The van der Waals surface area contributed by atoms with Gasteiger partial charge in [0.15, 0.2) is 9.84 Å². The Morgan fingerprint density at radius 3 is 2.67 bits per heavy atom. The molecule has 1 aromatic carbocycles. The first-order valence-electron chi connectivity index (χ1n) is 11.2. The molecular weight excluding hydrogens is 440 g/mol. The van der Waals surface area contributed by atoms with Crippen LogP contribution in [0.1, 0.15) is 29.8 Å². The van der Waals surface area contributed by atoms with Crippen molar-refractivity contribution in [1.82, 2.24) is 19.7 Å². The van der Waals surface area contributed by atoms with Crippen molar-refractivity contribution in [1.29, 1.82) is 0 Å². The summed E-state index contributed by atoms with van der Waals surface area (Å²) in [4.78, 5) is 19.7. The van der Waals surface area contributed by atoms with Crippen molar-refractivity contribution in [3.63, 3.8) is 0 Å². The highest BCUT2D eigenvalue weighted by molar-refractivity contribution is 7.89. The molecule has 2 aliphatic rings. The summed E-state index contributed by atoms with van der Waals surface area (Å²) in [6.45, 7) is 1.54. The van der Waals surface area contributed by atoms with Crippen LogP contribution in [-0.4, -0.2) is 53.3 Å². The quantitative estimate of drug-likeness (QED) is 0.457. The summed E-state index contributed by atoms with van der Waals surface area (Å²) in [7, 11) is -3.37. The highest BCUT2D eigenvalue weighted by atomic mass is 32.2. The third kappa shape index (κ3) is 3.60. The minimum Gasteiger partial charge on any atom is -0.464 e. The minimum atomic E-state index is -3.37. The number of amides is 1. The molecule has 1 saturated carbocycles. The number of hydrogen-bond donors (Lipinski definition) is 0. The van der Waals surface area contributed by atoms with E-state index < -0.39 is 9.84 Å². The molecule has 1 aliphatic heterocycles. The van der Waals surface area contributed by atoms with Gasteiger partial charge in [0.1, 0.15) is 29.1 Å². The fourth-order valence-electron chi connectivity index (χ4n) is 5.40. The molecule has 3 aromatic heterocycles. The fraction of sp³-hybridized carbons (Fsp3) is 0.375. The van der Waals surface area contributed by atoms with Crippen molar-refractivity contribution < 1.29 is 17.6 Å². The number of carbonyl (C=O) groups excluding carboxylic acids is 1. The molecule has 0 radical (unpaired) electrons. The third-order valence-corrected chi connectivity index (χ3v) is 7.56. The second-order valence-electron chi connectivity index (χ2n) is 9.39. The summed E-state index contributed by atoms with van der Waals surface area (Å²) in [6.07, 6.45) is 8.00. The zero-order valence-corrected chi connectivity index (χ0v) is 19.1. The van der Waals surface area contributed by atoms with E-state index in [-0.39, 0.29) is 11.8 Å². The minimum absolute atomic E-state index is 0.101. The number of furan rings is 1. The Morgan fingerprint density at radius 2 is 1.91 bits per heavy atom. The van der Waals surface area contributed by atoms with Gasteiger partial charge in [-0.1, -0.05) is 18.2 Å². The van der Waals surface area contributed by atoms with E-state index in [1.54, 1.807) is 18.5 Å². The number of piperidine rings is 1. The molecular formula is C24H24N4O4S. The molecule has 8 nitrogen and oxygen atoms in total. The number of carbonyl (C=O) groups is 1. The molecule has 4 aromatic rings. The Morgan fingerprint density at radius 1 is 1.15 bits per heavy atom. The van der Waals surface area contributed by atoms with E-state index in [1.807, 2.05) is 29.2 Å². The Balaban J connectivity index is 1.46. The zero-order valence-electron chi connectivity index (χ0n) is 18.3. The molecule has 2 bridgehead atoms. The van der Waals surface area contributed by atoms with Crippen LogP contribution in [0.25, 0.3) is 33.1 Å². The van der Waals surface area contributed by atoms with E-state index in [2.05, 4.69) is 10.1 Å². The van der Waals surface area contributed by atoms with Crippen LogP contribution in [0.15, 0.2) is 47.2 Å². The molecule has 2 fully saturated rings. The summed E-state index contributed by atoms with van der Waals surface area (Å²) in [5.41, 5.74) is 2.95. The Labute approximate surface area is 191 Å². The number of sulfone groups is 1. The number of pyridine rings is 1. The first-order valence-corrected chi connectivity index (χ1v) is 13.2. The van der Waals surface area contributed by atoms with Crippen LogP contribution in [0.5, 0.6) is 0 Å². The van der Waals surface area contributed by atoms with E-state index in [4.69, 9.17) is 4.42 Å². The highest BCUT2D eigenvalue weighted by Crippen LogP contribution is 2.37. The van der Waals surface area contributed by atoms with Gasteiger partial charge in [-0.05, 0) is 43.2 Å². The van der Waals surface area contributed by atoms with E-state index in [0.717, 1.165) is 29.6 Å². The van der Waals surface area contributed by atoms with Crippen molar-refractivity contribution in [2.45, 2.75) is 25.1 Å². The number of hydrogen-bond acceptors (Lipinski definition) is 6. The summed E-state index contributed by atoms with van der Waals surface area (Å²) in [6, 6.07) is 9.29. The third-order valence-electron chi connectivity index (χ3n) is 6.84. The predicted octanol–water partition coefficient (Wildman–Crippen LogP) is 3.72. The lowest BCUT2D eigenvalue weighted by Gasteiger charge is -2.31. The molecule has 1 amide bonds. The lowest BCUT2D eigenvalue weighted by molar-refractivity contribution is 0.0656.